The van der Waals surface area contributed by atoms with Crippen LogP contribution in [0.2, 0.25) is 0 Å². The first-order valence-electron chi connectivity index (χ1n) is 14.2. The number of nitrogens with two attached hydrogens (primary N) is 2. The third-order valence-electron chi connectivity index (χ3n) is 6.92. The summed E-state index contributed by atoms with van der Waals surface area (Å²) in [4.78, 5) is 12.7. The number of ether oxygens (including phenoxy) is 3. The van der Waals surface area contributed by atoms with Gasteiger partial charge in [-0.05, 0) is 96.3 Å². The largest absolute Gasteiger partial charge is 0.484 e. The van der Waals surface area contributed by atoms with Crippen molar-refractivity contribution in [3.05, 3.63) is 125 Å². The van der Waals surface area contributed by atoms with Crippen molar-refractivity contribution in [1.82, 2.24) is 0 Å². The van der Waals surface area contributed by atoms with Crippen LogP contribution in [0.15, 0.2) is 103 Å². The van der Waals surface area contributed by atoms with E-state index in [1.807, 2.05) is 55.5 Å². The molecule has 0 saturated carbocycles. The average Bonchev–Trinajstić information content (AvgIpc) is 3.01. The van der Waals surface area contributed by atoms with Crippen molar-refractivity contribution in [2.45, 2.75) is 32.1 Å². The SMILES string of the molecule is CC(COC(=O)/C=C/c1ccc(C(F)(F)Oc2ccc(OCC(F)(F)F)cc2)cc1)(Cc1ccc(N)cc1)Cc1ccc(N)cc1. The summed E-state index contributed by atoms with van der Waals surface area (Å²) < 4.78 is 81.3. The molecule has 4 N–H and O–H groups in total. The third-order valence-corrected chi connectivity index (χ3v) is 6.92. The molecule has 0 heterocycles. The molecule has 0 amide bonds. The maximum Gasteiger partial charge on any atom is 0.426 e. The monoisotopic (exact) mass is 640 g/mol. The Kier molecular flexibility index (Phi) is 10.6. The molecule has 0 aromatic heterocycles. The number of rotatable bonds is 13. The van der Waals surface area contributed by atoms with Crippen molar-refractivity contribution in [2.75, 3.05) is 24.7 Å². The lowest BCUT2D eigenvalue weighted by Crippen LogP contribution is -2.30. The molecule has 0 spiro atoms. The minimum atomic E-state index is -4.53. The Morgan fingerprint density at radius 3 is 1.70 bits per heavy atom. The van der Waals surface area contributed by atoms with Gasteiger partial charge in [0.15, 0.2) is 6.61 Å². The van der Waals surface area contributed by atoms with E-state index in [0.717, 1.165) is 47.5 Å². The summed E-state index contributed by atoms with van der Waals surface area (Å²) in [6, 6.07) is 24.4. The highest BCUT2D eigenvalue weighted by atomic mass is 19.4. The molecule has 0 radical (unpaired) electrons. The number of anilines is 2. The van der Waals surface area contributed by atoms with Crippen LogP contribution in [-0.2, 0) is 28.5 Å². The summed E-state index contributed by atoms with van der Waals surface area (Å²) in [5.74, 6) is -1.01. The van der Waals surface area contributed by atoms with Crippen molar-refractivity contribution >= 4 is 23.4 Å². The van der Waals surface area contributed by atoms with Gasteiger partial charge in [-0.25, -0.2) is 4.79 Å². The zero-order valence-electron chi connectivity index (χ0n) is 24.9. The van der Waals surface area contributed by atoms with Gasteiger partial charge in [-0.1, -0.05) is 43.3 Å². The highest BCUT2D eigenvalue weighted by Crippen LogP contribution is 2.33. The summed E-state index contributed by atoms with van der Waals surface area (Å²) in [6.07, 6.45) is -4.37. The van der Waals surface area contributed by atoms with Gasteiger partial charge in [0.25, 0.3) is 0 Å². The van der Waals surface area contributed by atoms with Crippen LogP contribution in [0, 0.1) is 5.41 Å². The van der Waals surface area contributed by atoms with Gasteiger partial charge in [0.05, 0.1) is 12.2 Å². The number of carbonyl (C=O) groups excluding carboxylic acids is 1. The van der Waals surface area contributed by atoms with Crippen LogP contribution in [0.1, 0.15) is 29.2 Å². The molecular formula is C35H33F5N2O4. The standard InChI is InChI=1S/C35H33F5N2O4/c1-33(20-25-4-11-28(41)12-5-25,21-26-6-13-29(42)14-7-26)22-45-32(43)19-8-24-2-9-27(10-3-24)35(39,40)46-31-17-15-30(16-18-31)44-23-34(36,37)38/h2-19H,20-23,41-42H2,1H3/b19-8+. The molecule has 11 heteroatoms. The van der Waals surface area contributed by atoms with Gasteiger partial charge in [0.2, 0.25) is 0 Å². The molecule has 6 nitrogen and oxygen atoms in total. The van der Waals surface area contributed by atoms with Crippen LogP contribution >= 0.6 is 0 Å². The number of benzene rings is 4. The molecule has 4 aromatic carbocycles. The van der Waals surface area contributed by atoms with Crippen LogP contribution in [-0.4, -0.2) is 25.4 Å². The molecule has 0 bridgehead atoms. The first kappa shape index (κ1) is 33.8. The Labute approximate surface area is 263 Å². The fourth-order valence-electron chi connectivity index (χ4n) is 4.64. The van der Waals surface area contributed by atoms with Crippen LogP contribution < -0.4 is 20.9 Å². The smallest absolute Gasteiger partial charge is 0.426 e. The molecule has 242 valence electrons. The summed E-state index contributed by atoms with van der Waals surface area (Å²) in [7, 11) is 0. The van der Waals surface area contributed by atoms with Crippen molar-refractivity contribution in [2.24, 2.45) is 5.41 Å². The average molecular weight is 641 g/mol. The van der Waals surface area contributed by atoms with Crippen molar-refractivity contribution in [3.8, 4) is 11.5 Å². The molecule has 0 aliphatic heterocycles. The van der Waals surface area contributed by atoms with Crippen molar-refractivity contribution in [1.29, 1.82) is 0 Å². The lowest BCUT2D eigenvalue weighted by molar-refractivity contribution is -0.185. The van der Waals surface area contributed by atoms with E-state index in [0.29, 0.717) is 29.8 Å². The zero-order valence-corrected chi connectivity index (χ0v) is 24.9. The minimum absolute atomic E-state index is 0.114. The molecule has 4 rings (SSSR count). The van der Waals surface area contributed by atoms with E-state index in [4.69, 9.17) is 20.9 Å². The molecule has 0 unspecified atom stereocenters. The first-order valence-corrected chi connectivity index (χ1v) is 14.2. The van der Waals surface area contributed by atoms with E-state index in [1.54, 1.807) is 0 Å². The number of hydrogen-bond acceptors (Lipinski definition) is 6. The van der Waals surface area contributed by atoms with Gasteiger partial charge in [0.1, 0.15) is 11.5 Å². The maximum atomic E-state index is 14.7. The molecule has 46 heavy (non-hydrogen) atoms. The van der Waals surface area contributed by atoms with Gasteiger partial charge in [0, 0.05) is 22.9 Å². The number of alkyl halides is 5. The lowest BCUT2D eigenvalue weighted by Gasteiger charge is -2.29. The van der Waals surface area contributed by atoms with E-state index in [2.05, 4.69) is 4.74 Å². The predicted octanol–water partition coefficient (Wildman–Crippen LogP) is 7.97. The van der Waals surface area contributed by atoms with Crippen molar-refractivity contribution in [3.63, 3.8) is 0 Å². The third kappa shape index (κ3) is 10.5. The second-order valence-electron chi connectivity index (χ2n) is 11.2. The molecule has 0 saturated heterocycles. The number of halogens is 5. The van der Waals surface area contributed by atoms with E-state index in [1.165, 1.54) is 24.3 Å². The summed E-state index contributed by atoms with van der Waals surface area (Å²) in [5.41, 5.74) is 14.6. The molecular weight excluding hydrogens is 607 g/mol. The number of nitrogen functional groups attached to an aromatic ring is 2. The highest BCUT2D eigenvalue weighted by molar-refractivity contribution is 5.87. The molecule has 0 aliphatic carbocycles. The van der Waals surface area contributed by atoms with Crippen LogP contribution in [0.25, 0.3) is 6.08 Å². The minimum Gasteiger partial charge on any atom is -0.484 e. The van der Waals surface area contributed by atoms with Crippen LogP contribution in [0.4, 0.5) is 33.3 Å². The molecule has 4 aromatic rings. The van der Waals surface area contributed by atoms with Gasteiger partial charge < -0.3 is 25.7 Å². The molecule has 0 atom stereocenters. The summed E-state index contributed by atoms with van der Waals surface area (Å²) in [5, 5.41) is 0. The van der Waals surface area contributed by atoms with Gasteiger partial charge in [-0.3, -0.25) is 0 Å². The fourth-order valence-corrected chi connectivity index (χ4v) is 4.64. The highest BCUT2D eigenvalue weighted by Gasteiger charge is 2.34. The van der Waals surface area contributed by atoms with E-state index in [-0.39, 0.29) is 18.1 Å². The Bertz CT molecular complexity index is 1560. The molecule has 0 fully saturated rings. The quantitative estimate of drug-likeness (QED) is 0.0666. The Morgan fingerprint density at radius 2 is 1.20 bits per heavy atom. The van der Waals surface area contributed by atoms with Gasteiger partial charge in [-0.15, -0.1) is 0 Å². The van der Waals surface area contributed by atoms with E-state index in [9.17, 15) is 26.7 Å². The number of carbonyl (C=O) groups is 1. The lowest BCUT2D eigenvalue weighted by atomic mass is 9.79. The maximum absolute atomic E-state index is 14.7. The number of hydrogen-bond donors (Lipinski definition) is 2. The fraction of sp³-hybridized carbons (Fsp3) is 0.229. The van der Waals surface area contributed by atoms with Crippen LogP contribution in [0.3, 0.4) is 0 Å². The topological polar surface area (TPSA) is 96.8 Å². The Hall–Kier alpha value is -5.06. The summed E-state index contributed by atoms with van der Waals surface area (Å²) in [6.45, 7) is 0.632. The first-order chi connectivity index (χ1) is 21.7. The van der Waals surface area contributed by atoms with E-state index >= 15 is 0 Å². The predicted molar refractivity (Wildman–Crippen MR) is 166 cm³/mol. The normalized spacial score (nSPS) is 12.2. The van der Waals surface area contributed by atoms with Gasteiger partial charge >= 0.3 is 18.3 Å². The Balaban J connectivity index is 1.35. The summed E-state index contributed by atoms with van der Waals surface area (Å²) >= 11 is 0. The second-order valence-corrected chi connectivity index (χ2v) is 11.2. The Morgan fingerprint density at radius 1 is 0.696 bits per heavy atom. The van der Waals surface area contributed by atoms with Crippen molar-refractivity contribution < 1.29 is 41.0 Å². The zero-order chi connectivity index (χ0) is 33.4. The van der Waals surface area contributed by atoms with Crippen LogP contribution in [0.5, 0.6) is 11.5 Å². The molecule has 0 aliphatic rings. The van der Waals surface area contributed by atoms with E-state index < -0.39 is 35.8 Å². The second kappa shape index (κ2) is 14.4. The van der Waals surface area contributed by atoms with Gasteiger partial charge in [-0.2, -0.15) is 22.0 Å². The number of esters is 1.